The van der Waals surface area contributed by atoms with Crippen molar-refractivity contribution >= 4 is 45.2 Å². The quantitative estimate of drug-likeness (QED) is 0.339. The Morgan fingerprint density at radius 1 is 0.722 bits per heavy atom. The van der Waals surface area contributed by atoms with Crippen LogP contribution in [0.4, 0.5) is 33.2 Å². The highest BCUT2D eigenvalue weighted by Crippen LogP contribution is 2.37. The van der Waals surface area contributed by atoms with Crippen molar-refractivity contribution < 1.29 is 9.90 Å². The molecule has 186 valence electrons. The third-order valence-electron chi connectivity index (χ3n) is 6.37. The Bertz CT molecular complexity index is 1340. The Hall–Kier alpha value is -4.39. The molecular weight excluding hydrogens is 450 g/mol. The average Bonchev–Trinajstić information content (AvgIpc) is 2.89. The number of hydrogen-bond acceptors (Lipinski definition) is 5. The van der Waals surface area contributed by atoms with Gasteiger partial charge in [-0.15, -0.1) is 0 Å². The maximum absolute atomic E-state index is 13.9. The minimum absolute atomic E-state index is 0.158. The fourth-order valence-electron chi connectivity index (χ4n) is 4.14. The van der Waals surface area contributed by atoms with Crippen molar-refractivity contribution in [1.29, 1.82) is 0 Å². The zero-order valence-electron chi connectivity index (χ0n) is 21.2. The van der Waals surface area contributed by atoms with Crippen molar-refractivity contribution in [2.75, 3.05) is 61.7 Å². The summed E-state index contributed by atoms with van der Waals surface area (Å²) in [6, 6.07) is 26.4. The topological polar surface area (TPSA) is 76.3 Å². The van der Waals surface area contributed by atoms with E-state index in [2.05, 4.69) is 4.90 Å². The lowest BCUT2D eigenvalue weighted by molar-refractivity contribution is 0.219. The SMILES string of the molecule is CN(CCN(C)c1ccc(N)cc1)C(=O)N(c1ccc(N(C)C)cc1)c1ccc(O)c2ccccc12. The Morgan fingerprint density at radius 3 is 1.94 bits per heavy atom. The number of likely N-dealkylation sites (N-methyl/N-ethyl adjacent to an activating group) is 2. The van der Waals surface area contributed by atoms with E-state index in [1.165, 1.54) is 0 Å². The van der Waals surface area contributed by atoms with E-state index < -0.39 is 0 Å². The van der Waals surface area contributed by atoms with E-state index in [0.29, 0.717) is 24.2 Å². The van der Waals surface area contributed by atoms with Gasteiger partial charge in [0.2, 0.25) is 0 Å². The molecule has 0 bridgehead atoms. The highest BCUT2D eigenvalue weighted by molar-refractivity contribution is 6.09. The van der Waals surface area contributed by atoms with Gasteiger partial charge in [-0.2, -0.15) is 0 Å². The van der Waals surface area contributed by atoms with Crippen molar-refractivity contribution in [3.8, 4) is 5.75 Å². The van der Waals surface area contributed by atoms with E-state index in [1.807, 2.05) is 106 Å². The molecule has 0 saturated heterocycles. The maximum Gasteiger partial charge on any atom is 0.328 e. The maximum atomic E-state index is 13.9. The summed E-state index contributed by atoms with van der Waals surface area (Å²) in [4.78, 5) is 21.5. The lowest BCUT2D eigenvalue weighted by Crippen LogP contribution is -2.42. The molecule has 0 aliphatic carbocycles. The van der Waals surface area contributed by atoms with Crippen molar-refractivity contribution in [3.05, 3.63) is 84.9 Å². The van der Waals surface area contributed by atoms with Crippen LogP contribution < -0.4 is 20.4 Å². The summed E-state index contributed by atoms with van der Waals surface area (Å²) < 4.78 is 0. The number of hydrogen-bond donors (Lipinski definition) is 2. The highest BCUT2D eigenvalue weighted by atomic mass is 16.3. The van der Waals surface area contributed by atoms with Gasteiger partial charge in [0.25, 0.3) is 0 Å². The molecule has 0 heterocycles. The monoisotopic (exact) mass is 483 g/mol. The number of urea groups is 1. The van der Waals surface area contributed by atoms with E-state index in [0.717, 1.165) is 28.1 Å². The van der Waals surface area contributed by atoms with E-state index in [-0.39, 0.29) is 11.8 Å². The van der Waals surface area contributed by atoms with Crippen LogP contribution in [0, 0.1) is 0 Å². The second kappa shape index (κ2) is 10.5. The Kier molecular flexibility index (Phi) is 7.20. The van der Waals surface area contributed by atoms with Crippen molar-refractivity contribution in [1.82, 2.24) is 4.90 Å². The molecule has 7 nitrogen and oxygen atoms in total. The molecule has 0 aromatic heterocycles. The number of aromatic hydroxyl groups is 1. The van der Waals surface area contributed by atoms with Gasteiger partial charge in [-0.25, -0.2) is 4.79 Å². The molecule has 0 spiro atoms. The van der Waals surface area contributed by atoms with Crippen LogP contribution in [0.25, 0.3) is 10.8 Å². The molecule has 4 aromatic carbocycles. The van der Waals surface area contributed by atoms with Crippen molar-refractivity contribution in [2.45, 2.75) is 0 Å². The average molecular weight is 484 g/mol. The number of phenols is 1. The van der Waals surface area contributed by atoms with E-state index in [1.54, 1.807) is 21.9 Å². The van der Waals surface area contributed by atoms with Crippen molar-refractivity contribution in [3.63, 3.8) is 0 Å². The number of amides is 2. The first kappa shape index (κ1) is 24.7. The highest BCUT2D eigenvalue weighted by Gasteiger charge is 2.24. The lowest BCUT2D eigenvalue weighted by Gasteiger charge is -2.31. The molecular formula is C29H33N5O2. The molecule has 0 fully saturated rings. The second-order valence-corrected chi connectivity index (χ2v) is 9.11. The van der Waals surface area contributed by atoms with Gasteiger partial charge in [-0.3, -0.25) is 4.90 Å². The predicted molar refractivity (Wildman–Crippen MR) is 151 cm³/mol. The van der Waals surface area contributed by atoms with E-state index >= 15 is 0 Å². The van der Waals surface area contributed by atoms with Crippen LogP contribution >= 0.6 is 0 Å². The summed E-state index contributed by atoms with van der Waals surface area (Å²) in [5.41, 5.74) is 10.1. The summed E-state index contributed by atoms with van der Waals surface area (Å²) in [5.74, 6) is 0.184. The molecule has 0 aliphatic heterocycles. The second-order valence-electron chi connectivity index (χ2n) is 9.11. The first-order valence-electron chi connectivity index (χ1n) is 11.9. The number of anilines is 5. The molecule has 0 unspecified atom stereocenters. The number of phenolic OH excluding ortho intramolecular Hbond substituents is 1. The molecule has 0 aliphatic rings. The number of benzene rings is 4. The number of carbonyl (C=O) groups is 1. The number of nitrogen functional groups attached to an aromatic ring is 1. The Morgan fingerprint density at radius 2 is 1.31 bits per heavy atom. The number of fused-ring (bicyclic) bond motifs is 1. The van der Waals surface area contributed by atoms with Crippen LogP contribution in [0.15, 0.2) is 84.9 Å². The van der Waals surface area contributed by atoms with Crippen LogP contribution in [0.2, 0.25) is 0 Å². The number of nitrogens with zero attached hydrogens (tertiary/aromatic N) is 4. The number of rotatable bonds is 7. The van der Waals surface area contributed by atoms with Gasteiger partial charge in [0.05, 0.1) is 11.4 Å². The van der Waals surface area contributed by atoms with Gasteiger partial charge in [0, 0.05) is 69.1 Å². The van der Waals surface area contributed by atoms with Gasteiger partial charge in [-0.05, 0) is 60.7 Å². The van der Waals surface area contributed by atoms with Gasteiger partial charge >= 0.3 is 6.03 Å². The fourth-order valence-corrected chi connectivity index (χ4v) is 4.14. The number of nitrogens with two attached hydrogens (primary N) is 1. The van der Waals surface area contributed by atoms with Crippen LogP contribution in [-0.4, -0.2) is 57.3 Å². The summed E-state index contributed by atoms with van der Waals surface area (Å²) in [6.45, 7) is 1.16. The standard InChI is InChI=1S/C29H33N5O2/c1-31(2)22-13-15-24(16-14-22)34(27-17-18-28(35)26-8-6-5-7-25(26)27)29(36)33(4)20-19-32(3)23-11-9-21(30)10-12-23/h5-18,35H,19-20,30H2,1-4H3. The van der Waals surface area contributed by atoms with Crippen LogP contribution in [0.5, 0.6) is 5.75 Å². The third kappa shape index (κ3) is 5.15. The molecule has 2 amide bonds. The lowest BCUT2D eigenvalue weighted by atomic mass is 10.1. The minimum Gasteiger partial charge on any atom is -0.507 e. The largest absolute Gasteiger partial charge is 0.507 e. The van der Waals surface area contributed by atoms with Gasteiger partial charge < -0.3 is 25.5 Å². The molecule has 4 rings (SSSR count). The Labute approximate surface area is 212 Å². The van der Waals surface area contributed by atoms with Crippen molar-refractivity contribution in [2.24, 2.45) is 0 Å². The first-order chi connectivity index (χ1) is 17.3. The molecule has 4 aromatic rings. The van der Waals surface area contributed by atoms with Crippen LogP contribution in [0.1, 0.15) is 0 Å². The van der Waals surface area contributed by atoms with Gasteiger partial charge in [-0.1, -0.05) is 24.3 Å². The summed E-state index contributed by atoms with van der Waals surface area (Å²) >= 11 is 0. The smallest absolute Gasteiger partial charge is 0.328 e. The number of carbonyl (C=O) groups excluding carboxylic acids is 1. The normalized spacial score (nSPS) is 10.8. The van der Waals surface area contributed by atoms with Crippen LogP contribution in [0.3, 0.4) is 0 Å². The van der Waals surface area contributed by atoms with Gasteiger partial charge in [0.1, 0.15) is 5.75 Å². The molecule has 0 radical (unpaired) electrons. The first-order valence-corrected chi connectivity index (χ1v) is 11.9. The molecule has 0 atom stereocenters. The van der Waals surface area contributed by atoms with Crippen LogP contribution in [-0.2, 0) is 0 Å². The van der Waals surface area contributed by atoms with Gasteiger partial charge in [0.15, 0.2) is 0 Å². The molecule has 7 heteroatoms. The summed E-state index contributed by atoms with van der Waals surface area (Å²) in [5, 5.41) is 11.9. The zero-order valence-corrected chi connectivity index (χ0v) is 21.2. The summed E-state index contributed by atoms with van der Waals surface area (Å²) in [7, 11) is 7.77. The third-order valence-corrected chi connectivity index (χ3v) is 6.37. The fraction of sp³-hybridized carbons (Fsp3) is 0.207. The molecule has 3 N–H and O–H groups in total. The van der Waals surface area contributed by atoms with E-state index in [4.69, 9.17) is 5.73 Å². The predicted octanol–water partition coefficient (Wildman–Crippen LogP) is 5.52. The van der Waals surface area contributed by atoms with E-state index in [9.17, 15) is 9.90 Å². The Balaban J connectivity index is 1.66. The molecule has 36 heavy (non-hydrogen) atoms. The minimum atomic E-state index is -0.158. The zero-order chi connectivity index (χ0) is 25.8. The molecule has 0 saturated carbocycles. The summed E-state index contributed by atoms with van der Waals surface area (Å²) in [6.07, 6.45) is 0.